The van der Waals surface area contributed by atoms with Gasteiger partial charge in [0.1, 0.15) is 0 Å². The van der Waals surface area contributed by atoms with Crippen molar-refractivity contribution in [1.29, 1.82) is 0 Å². The summed E-state index contributed by atoms with van der Waals surface area (Å²) in [6.07, 6.45) is 1.70. The van der Waals surface area contributed by atoms with E-state index in [4.69, 9.17) is 11.6 Å². The van der Waals surface area contributed by atoms with E-state index in [9.17, 15) is 0 Å². The van der Waals surface area contributed by atoms with E-state index in [-0.39, 0.29) is 12.4 Å². The highest BCUT2D eigenvalue weighted by Crippen LogP contribution is 2.10. The van der Waals surface area contributed by atoms with Gasteiger partial charge in [-0.2, -0.15) is 10.2 Å². The Labute approximate surface area is 77.4 Å². The third-order valence-electron chi connectivity index (χ3n) is 1.59. The highest BCUT2D eigenvalue weighted by atomic mass is 35.5. The molecule has 0 saturated heterocycles. The van der Waals surface area contributed by atoms with Gasteiger partial charge in [-0.25, -0.2) is 0 Å². The van der Waals surface area contributed by atoms with Crippen LogP contribution in [0, 0.1) is 13.8 Å². The van der Waals surface area contributed by atoms with E-state index < -0.39 is 0 Å². The average Bonchev–Trinajstić information content (AvgIpc) is 1.95. The number of halogens is 2. The van der Waals surface area contributed by atoms with Gasteiger partial charge < -0.3 is 0 Å². The van der Waals surface area contributed by atoms with Crippen molar-refractivity contribution in [2.75, 3.05) is 0 Å². The summed E-state index contributed by atoms with van der Waals surface area (Å²) in [4.78, 5) is 0. The number of hydrogen-bond donors (Lipinski definition) is 0. The molecular formula is C7H10Cl2N2. The van der Waals surface area contributed by atoms with Crippen molar-refractivity contribution in [2.45, 2.75) is 19.7 Å². The maximum absolute atomic E-state index is 5.64. The number of rotatable bonds is 1. The van der Waals surface area contributed by atoms with E-state index in [0.29, 0.717) is 5.88 Å². The van der Waals surface area contributed by atoms with Crippen LogP contribution in [0.15, 0.2) is 6.20 Å². The van der Waals surface area contributed by atoms with E-state index in [2.05, 4.69) is 10.2 Å². The van der Waals surface area contributed by atoms with Crippen LogP contribution in [0.3, 0.4) is 0 Å². The van der Waals surface area contributed by atoms with Crippen LogP contribution in [0.2, 0.25) is 0 Å². The number of hydrogen-bond acceptors (Lipinski definition) is 2. The van der Waals surface area contributed by atoms with E-state index >= 15 is 0 Å². The molecule has 62 valence electrons. The molecule has 2 nitrogen and oxygen atoms in total. The molecule has 0 radical (unpaired) electrons. The molecule has 0 saturated carbocycles. The van der Waals surface area contributed by atoms with E-state index in [1.807, 2.05) is 13.8 Å². The summed E-state index contributed by atoms with van der Waals surface area (Å²) >= 11 is 5.64. The molecule has 0 N–H and O–H groups in total. The third kappa shape index (κ3) is 2.31. The molecule has 0 spiro atoms. The van der Waals surface area contributed by atoms with E-state index in [1.165, 1.54) is 0 Å². The normalized spacial score (nSPS) is 9.00. The minimum absolute atomic E-state index is 0. The lowest BCUT2D eigenvalue weighted by Gasteiger charge is -2.00. The largest absolute Gasteiger partial charge is 0.159 e. The zero-order chi connectivity index (χ0) is 7.56. The summed E-state index contributed by atoms with van der Waals surface area (Å²) in [7, 11) is 0. The van der Waals surface area contributed by atoms with Crippen molar-refractivity contribution in [3.05, 3.63) is 23.0 Å². The van der Waals surface area contributed by atoms with Gasteiger partial charge in [0.25, 0.3) is 0 Å². The lowest BCUT2D eigenvalue weighted by molar-refractivity contribution is 0.940. The molecule has 1 aromatic rings. The van der Waals surface area contributed by atoms with Crippen LogP contribution < -0.4 is 0 Å². The Morgan fingerprint density at radius 3 is 2.55 bits per heavy atom. The van der Waals surface area contributed by atoms with Gasteiger partial charge in [0.15, 0.2) is 0 Å². The number of aryl methyl sites for hydroxylation is 1. The first-order valence-corrected chi connectivity index (χ1v) is 3.63. The van der Waals surface area contributed by atoms with Gasteiger partial charge in [-0.05, 0) is 25.0 Å². The van der Waals surface area contributed by atoms with Crippen LogP contribution in [0.4, 0.5) is 0 Å². The first-order chi connectivity index (χ1) is 4.75. The summed E-state index contributed by atoms with van der Waals surface area (Å²) in [6.45, 7) is 3.93. The summed E-state index contributed by atoms with van der Waals surface area (Å²) in [6, 6.07) is 0. The SMILES string of the molecule is Cc1nncc(CCl)c1C.Cl. The summed E-state index contributed by atoms with van der Waals surface area (Å²) in [5.74, 6) is 0.516. The Kier molecular flexibility index (Phi) is 4.38. The second-order valence-corrected chi connectivity index (χ2v) is 2.48. The van der Waals surface area contributed by atoms with Crippen molar-refractivity contribution < 1.29 is 0 Å². The average molecular weight is 193 g/mol. The third-order valence-corrected chi connectivity index (χ3v) is 1.88. The van der Waals surface area contributed by atoms with Gasteiger partial charge in [-0.1, -0.05) is 0 Å². The molecule has 1 rings (SSSR count). The maximum atomic E-state index is 5.64. The zero-order valence-electron chi connectivity index (χ0n) is 6.47. The van der Waals surface area contributed by atoms with E-state index in [0.717, 1.165) is 16.8 Å². The quantitative estimate of drug-likeness (QED) is 0.639. The van der Waals surface area contributed by atoms with Crippen molar-refractivity contribution in [1.82, 2.24) is 10.2 Å². The van der Waals surface area contributed by atoms with Crippen LogP contribution in [-0.4, -0.2) is 10.2 Å². The van der Waals surface area contributed by atoms with E-state index in [1.54, 1.807) is 6.20 Å². The van der Waals surface area contributed by atoms with Crippen LogP contribution in [0.25, 0.3) is 0 Å². The molecule has 0 aliphatic heterocycles. The molecule has 0 aliphatic rings. The highest BCUT2D eigenvalue weighted by Gasteiger charge is 1.99. The topological polar surface area (TPSA) is 25.8 Å². The number of aromatic nitrogens is 2. The summed E-state index contributed by atoms with van der Waals surface area (Å²) in [5.41, 5.74) is 3.16. The number of nitrogens with zero attached hydrogens (tertiary/aromatic N) is 2. The van der Waals surface area contributed by atoms with Crippen LogP contribution in [-0.2, 0) is 5.88 Å². The van der Waals surface area contributed by atoms with Crippen molar-refractivity contribution >= 4 is 24.0 Å². The van der Waals surface area contributed by atoms with Gasteiger partial charge in [-0.15, -0.1) is 24.0 Å². The highest BCUT2D eigenvalue weighted by molar-refractivity contribution is 6.17. The van der Waals surface area contributed by atoms with Crippen LogP contribution in [0.1, 0.15) is 16.8 Å². The predicted octanol–water partition coefficient (Wildman–Crippen LogP) is 2.25. The molecule has 11 heavy (non-hydrogen) atoms. The lowest BCUT2D eigenvalue weighted by atomic mass is 10.1. The van der Waals surface area contributed by atoms with Gasteiger partial charge in [0.05, 0.1) is 11.9 Å². The molecule has 1 aromatic heterocycles. The van der Waals surface area contributed by atoms with Gasteiger partial charge >= 0.3 is 0 Å². The molecule has 0 aromatic carbocycles. The molecular weight excluding hydrogens is 183 g/mol. The van der Waals surface area contributed by atoms with Crippen LogP contribution in [0.5, 0.6) is 0 Å². The molecule has 0 fully saturated rings. The Balaban J connectivity index is 0.000001000. The molecule has 0 unspecified atom stereocenters. The lowest BCUT2D eigenvalue weighted by Crippen LogP contribution is -1.94. The molecule has 0 atom stereocenters. The Morgan fingerprint density at radius 1 is 1.45 bits per heavy atom. The van der Waals surface area contributed by atoms with Gasteiger partial charge in [0, 0.05) is 5.88 Å². The molecule has 4 heteroatoms. The van der Waals surface area contributed by atoms with Crippen LogP contribution >= 0.6 is 24.0 Å². The maximum Gasteiger partial charge on any atom is 0.0632 e. The monoisotopic (exact) mass is 192 g/mol. The standard InChI is InChI=1S/C7H9ClN2.ClH/c1-5-6(2)10-9-4-7(5)3-8;/h4H,3H2,1-2H3;1H. The zero-order valence-corrected chi connectivity index (χ0v) is 8.04. The van der Waals surface area contributed by atoms with Crippen molar-refractivity contribution in [3.63, 3.8) is 0 Å². The summed E-state index contributed by atoms with van der Waals surface area (Å²) in [5, 5.41) is 7.66. The Bertz CT molecular complexity index is 238. The Morgan fingerprint density at radius 2 is 2.09 bits per heavy atom. The minimum atomic E-state index is 0. The predicted molar refractivity (Wildman–Crippen MR) is 48.3 cm³/mol. The number of alkyl halides is 1. The first-order valence-electron chi connectivity index (χ1n) is 3.09. The minimum Gasteiger partial charge on any atom is -0.159 e. The molecule has 0 bridgehead atoms. The fraction of sp³-hybridized carbons (Fsp3) is 0.429. The molecule has 0 aliphatic carbocycles. The fourth-order valence-corrected chi connectivity index (χ4v) is 0.994. The second-order valence-electron chi connectivity index (χ2n) is 2.21. The first kappa shape index (κ1) is 10.7. The van der Waals surface area contributed by atoms with Gasteiger partial charge in [0.2, 0.25) is 0 Å². The summed E-state index contributed by atoms with van der Waals surface area (Å²) < 4.78 is 0. The van der Waals surface area contributed by atoms with Crippen molar-refractivity contribution in [2.24, 2.45) is 0 Å². The smallest absolute Gasteiger partial charge is 0.0632 e. The molecule has 0 amide bonds. The molecule has 1 heterocycles. The fourth-order valence-electron chi connectivity index (χ4n) is 0.724. The van der Waals surface area contributed by atoms with Gasteiger partial charge in [-0.3, -0.25) is 0 Å². The Hall–Kier alpha value is -0.340. The second kappa shape index (κ2) is 4.52. The van der Waals surface area contributed by atoms with Crippen molar-refractivity contribution in [3.8, 4) is 0 Å².